The minimum atomic E-state index is 0.0954. The third-order valence-electron chi connectivity index (χ3n) is 5.03. The molecule has 0 aliphatic carbocycles. The maximum absolute atomic E-state index is 6.06. The Bertz CT molecular complexity index is 606. The summed E-state index contributed by atoms with van der Waals surface area (Å²) in [4.78, 5) is 9.08. The maximum atomic E-state index is 6.06. The van der Waals surface area contributed by atoms with E-state index in [2.05, 4.69) is 59.2 Å². The van der Waals surface area contributed by atoms with Crippen molar-refractivity contribution in [2.24, 2.45) is 4.99 Å². The van der Waals surface area contributed by atoms with Crippen LogP contribution in [0.4, 0.5) is 0 Å². The number of rotatable bonds is 8. The highest BCUT2D eigenvalue weighted by Gasteiger charge is 2.25. The maximum Gasteiger partial charge on any atom is 0.193 e. The third-order valence-corrected chi connectivity index (χ3v) is 5.03. The lowest BCUT2D eigenvalue weighted by atomic mass is 10.00. The first kappa shape index (κ1) is 21.7. The van der Waals surface area contributed by atoms with E-state index in [0.717, 1.165) is 58.3 Å². The summed E-state index contributed by atoms with van der Waals surface area (Å²) >= 11 is 0. The zero-order valence-corrected chi connectivity index (χ0v) is 17.6. The molecule has 1 aliphatic rings. The van der Waals surface area contributed by atoms with Gasteiger partial charge in [0.05, 0.1) is 19.8 Å². The minimum absolute atomic E-state index is 0.0954. The van der Waals surface area contributed by atoms with Gasteiger partial charge < -0.3 is 24.6 Å². The Balaban J connectivity index is 1.84. The van der Waals surface area contributed by atoms with Crippen molar-refractivity contribution < 1.29 is 9.47 Å². The van der Waals surface area contributed by atoms with Gasteiger partial charge in [-0.3, -0.25) is 4.99 Å². The van der Waals surface area contributed by atoms with E-state index in [4.69, 9.17) is 9.47 Å². The van der Waals surface area contributed by atoms with E-state index in [0.29, 0.717) is 0 Å². The van der Waals surface area contributed by atoms with Gasteiger partial charge in [-0.2, -0.15) is 0 Å². The zero-order chi connectivity index (χ0) is 19.6. The van der Waals surface area contributed by atoms with Crippen LogP contribution < -0.4 is 5.32 Å². The molecule has 1 heterocycles. The summed E-state index contributed by atoms with van der Waals surface area (Å²) < 4.78 is 11.2. The van der Waals surface area contributed by atoms with Gasteiger partial charge in [-0.15, -0.1) is 0 Å². The number of ether oxygens (including phenoxy) is 2. The summed E-state index contributed by atoms with van der Waals surface area (Å²) in [7, 11) is 5.73. The zero-order valence-electron chi connectivity index (χ0n) is 17.6. The number of nitrogens with zero attached hydrogens (tertiary/aromatic N) is 3. The van der Waals surface area contributed by atoms with Crippen molar-refractivity contribution in [1.82, 2.24) is 15.1 Å². The van der Waals surface area contributed by atoms with E-state index in [-0.39, 0.29) is 6.10 Å². The number of hydrogen-bond donors (Lipinski definition) is 1. The van der Waals surface area contributed by atoms with Gasteiger partial charge >= 0.3 is 0 Å². The molecule has 0 bridgehead atoms. The summed E-state index contributed by atoms with van der Waals surface area (Å²) in [5, 5.41) is 3.51. The van der Waals surface area contributed by atoms with Crippen molar-refractivity contribution in [2.75, 3.05) is 67.1 Å². The minimum Gasteiger partial charge on any atom is -0.383 e. The van der Waals surface area contributed by atoms with Crippen LogP contribution in [0.1, 0.15) is 29.2 Å². The van der Waals surface area contributed by atoms with Crippen LogP contribution >= 0.6 is 0 Å². The molecule has 0 radical (unpaired) electrons. The van der Waals surface area contributed by atoms with Crippen molar-refractivity contribution in [3.63, 3.8) is 0 Å². The smallest absolute Gasteiger partial charge is 0.193 e. The van der Waals surface area contributed by atoms with Gasteiger partial charge in [-0.05, 0) is 45.0 Å². The highest BCUT2D eigenvalue weighted by Crippen LogP contribution is 2.25. The van der Waals surface area contributed by atoms with Gasteiger partial charge in [-0.25, -0.2) is 0 Å². The lowest BCUT2D eigenvalue weighted by Gasteiger charge is -2.36. The van der Waals surface area contributed by atoms with E-state index >= 15 is 0 Å². The Morgan fingerprint density at radius 2 is 2.19 bits per heavy atom. The monoisotopic (exact) mass is 376 g/mol. The highest BCUT2D eigenvalue weighted by atomic mass is 16.5. The van der Waals surface area contributed by atoms with Crippen molar-refractivity contribution in [2.45, 2.75) is 26.4 Å². The molecule has 0 saturated carbocycles. The van der Waals surface area contributed by atoms with Crippen molar-refractivity contribution >= 4 is 5.96 Å². The molecular weight excluding hydrogens is 340 g/mol. The summed E-state index contributed by atoms with van der Waals surface area (Å²) in [6, 6.07) is 6.59. The number of likely N-dealkylation sites (N-methyl/N-ethyl adjacent to an activating group) is 1. The number of methoxy groups -OCH3 is 1. The first-order chi connectivity index (χ1) is 13.0. The van der Waals surface area contributed by atoms with E-state index in [1.807, 2.05) is 7.05 Å². The fourth-order valence-corrected chi connectivity index (χ4v) is 3.46. The molecule has 0 amide bonds. The number of hydrogen-bond acceptors (Lipinski definition) is 4. The fourth-order valence-electron chi connectivity index (χ4n) is 3.46. The quantitative estimate of drug-likeness (QED) is 0.428. The predicted molar refractivity (Wildman–Crippen MR) is 112 cm³/mol. The lowest BCUT2D eigenvalue weighted by molar-refractivity contribution is -0.00831. The van der Waals surface area contributed by atoms with E-state index in [9.17, 15) is 0 Å². The van der Waals surface area contributed by atoms with Crippen LogP contribution in [0, 0.1) is 13.8 Å². The van der Waals surface area contributed by atoms with Crippen molar-refractivity contribution in [1.29, 1.82) is 0 Å². The van der Waals surface area contributed by atoms with Crippen LogP contribution in [0.25, 0.3) is 0 Å². The van der Waals surface area contributed by atoms with Gasteiger partial charge in [0.2, 0.25) is 0 Å². The Hall–Kier alpha value is -1.63. The molecule has 27 heavy (non-hydrogen) atoms. The molecule has 152 valence electrons. The Morgan fingerprint density at radius 3 is 2.89 bits per heavy atom. The highest BCUT2D eigenvalue weighted by molar-refractivity contribution is 5.80. The van der Waals surface area contributed by atoms with Crippen LogP contribution in [0.15, 0.2) is 23.2 Å². The summed E-state index contributed by atoms with van der Waals surface area (Å²) in [5.41, 5.74) is 3.86. The first-order valence-corrected chi connectivity index (χ1v) is 9.87. The van der Waals surface area contributed by atoms with Crippen molar-refractivity contribution in [3.8, 4) is 0 Å². The predicted octanol–water partition coefficient (Wildman–Crippen LogP) is 2.22. The molecule has 1 aromatic rings. The van der Waals surface area contributed by atoms with Gasteiger partial charge in [0.1, 0.15) is 6.10 Å². The molecule has 6 nitrogen and oxygen atoms in total. The summed E-state index contributed by atoms with van der Waals surface area (Å²) in [6.45, 7) is 10.4. The van der Waals surface area contributed by atoms with Crippen molar-refractivity contribution in [3.05, 3.63) is 34.9 Å². The molecule has 2 rings (SSSR count). The molecule has 1 fully saturated rings. The van der Waals surface area contributed by atoms with Crippen LogP contribution in [0.2, 0.25) is 0 Å². The molecule has 1 aromatic carbocycles. The lowest BCUT2D eigenvalue weighted by Crippen LogP contribution is -2.48. The SMILES string of the molecule is CN=C(NCCCN(C)CCOC)N1CCOC(c2ccc(C)cc2C)C1. The number of guanidine groups is 1. The van der Waals surface area contributed by atoms with Crippen LogP contribution in [0.3, 0.4) is 0 Å². The molecule has 1 N–H and O–H groups in total. The van der Waals surface area contributed by atoms with Crippen LogP contribution in [-0.2, 0) is 9.47 Å². The molecule has 0 spiro atoms. The number of benzene rings is 1. The second-order valence-electron chi connectivity index (χ2n) is 7.29. The normalized spacial score (nSPS) is 18.2. The van der Waals surface area contributed by atoms with E-state index < -0.39 is 0 Å². The Kier molecular flexibility index (Phi) is 9.04. The standard InChI is InChI=1S/C21H36N4O2/c1-17-7-8-19(18(2)15-17)20-16-25(12-14-27-20)21(22-3)23-9-6-10-24(4)11-13-26-5/h7-8,15,20H,6,9-14,16H2,1-5H3,(H,22,23). The average Bonchev–Trinajstić information content (AvgIpc) is 2.66. The molecule has 1 saturated heterocycles. The van der Waals surface area contributed by atoms with E-state index in [1.165, 1.54) is 16.7 Å². The number of aryl methyl sites for hydroxylation is 2. The molecular formula is C21H36N4O2. The van der Waals surface area contributed by atoms with Gasteiger partial charge in [0, 0.05) is 33.8 Å². The molecule has 1 aliphatic heterocycles. The van der Waals surface area contributed by atoms with Crippen LogP contribution in [-0.4, -0.2) is 82.9 Å². The van der Waals surface area contributed by atoms with Gasteiger partial charge in [0.25, 0.3) is 0 Å². The van der Waals surface area contributed by atoms with E-state index in [1.54, 1.807) is 7.11 Å². The second kappa shape index (κ2) is 11.3. The summed E-state index contributed by atoms with van der Waals surface area (Å²) in [6.07, 6.45) is 1.17. The molecule has 0 aromatic heterocycles. The molecule has 1 unspecified atom stereocenters. The average molecular weight is 377 g/mol. The second-order valence-corrected chi connectivity index (χ2v) is 7.29. The molecule has 1 atom stereocenters. The number of morpholine rings is 1. The van der Waals surface area contributed by atoms with Gasteiger partial charge in [0.15, 0.2) is 5.96 Å². The van der Waals surface area contributed by atoms with Gasteiger partial charge in [-0.1, -0.05) is 23.8 Å². The largest absolute Gasteiger partial charge is 0.383 e. The Labute approximate surface area is 164 Å². The fraction of sp³-hybridized carbons (Fsp3) is 0.667. The summed E-state index contributed by atoms with van der Waals surface area (Å²) in [5.74, 6) is 0.965. The van der Waals surface area contributed by atoms with Crippen LogP contribution in [0.5, 0.6) is 0 Å². The first-order valence-electron chi connectivity index (χ1n) is 9.87. The Morgan fingerprint density at radius 1 is 1.37 bits per heavy atom. The third kappa shape index (κ3) is 6.79. The number of nitrogens with one attached hydrogen (secondary N) is 1. The topological polar surface area (TPSA) is 49.3 Å². The number of aliphatic imine (C=N–C) groups is 1. The molecule has 6 heteroatoms.